The van der Waals surface area contributed by atoms with Gasteiger partial charge in [-0.25, -0.2) is 0 Å². The molecule has 0 aliphatic heterocycles. The first-order valence-corrected chi connectivity index (χ1v) is 6.52. The highest BCUT2D eigenvalue weighted by Crippen LogP contribution is 2.29. The van der Waals surface area contributed by atoms with E-state index in [1.807, 2.05) is 18.2 Å². The highest BCUT2D eigenvalue weighted by Gasteiger charge is 2.18. The minimum absolute atomic E-state index is 0.240. The summed E-state index contributed by atoms with van der Waals surface area (Å²) in [5.41, 5.74) is 6.79. The lowest BCUT2D eigenvalue weighted by Crippen LogP contribution is -2.29. The van der Waals surface area contributed by atoms with Crippen molar-refractivity contribution < 1.29 is 9.84 Å². The predicted molar refractivity (Wildman–Crippen MR) is 73.1 cm³/mol. The first-order valence-electron chi connectivity index (χ1n) is 5.72. The van der Waals surface area contributed by atoms with E-state index in [9.17, 15) is 5.11 Å². The van der Waals surface area contributed by atoms with E-state index in [4.69, 9.17) is 10.5 Å². The van der Waals surface area contributed by atoms with Crippen LogP contribution in [0.3, 0.4) is 0 Å². The maximum atomic E-state index is 10.1. The molecule has 0 aromatic heterocycles. The number of aliphatic hydroxyl groups excluding tert-OH is 1. The highest BCUT2D eigenvalue weighted by molar-refractivity contribution is 9.10. The molecule has 2 unspecified atom stereocenters. The van der Waals surface area contributed by atoms with Crippen molar-refractivity contribution in [2.24, 2.45) is 11.7 Å². The number of aliphatic hydroxyl groups is 1. The zero-order valence-electron chi connectivity index (χ0n) is 10.5. The van der Waals surface area contributed by atoms with Gasteiger partial charge in [-0.05, 0) is 46.0 Å². The molecule has 96 valence electrons. The monoisotopic (exact) mass is 301 g/mol. The van der Waals surface area contributed by atoms with E-state index in [1.54, 1.807) is 7.11 Å². The van der Waals surface area contributed by atoms with Gasteiger partial charge in [-0.2, -0.15) is 0 Å². The summed E-state index contributed by atoms with van der Waals surface area (Å²) in [6, 6.07) is 5.28. The molecule has 0 heterocycles. The third kappa shape index (κ3) is 3.98. The molecule has 0 saturated heterocycles. The molecule has 0 spiro atoms. The minimum Gasteiger partial charge on any atom is -0.496 e. The van der Waals surface area contributed by atoms with E-state index in [-0.39, 0.29) is 6.04 Å². The fraction of sp³-hybridized carbons (Fsp3) is 0.538. The standard InChI is InChI=1S/C13H20BrNO2/c1-8(2)6-11(15)13(16)9-4-5-12(17-3)10(14)7-9/h4-5,7-8,11,13,16H,6,15H2,1-3H3. The number of rotatable bonds is 5. The Labute approximate surface area is 111 Å². The number of ether oxygens (including phenoxy) is 1. The van der Waals surface area contributed by atoms with Crippen LogP contribution in [0.15, 0.2) is 22.7 Å². The van der Waals surface area contributed by atoms with Crippen LogP contribution in [0.1, 0.15) is 31.9 Å². The second kappa shape index (κ2) is 6.38. The predicted octanol–water partition coefficient (Wildman–Crippen LogP) is 2.86. The molecule has 4 heteroatoms. The number of halogens is 1. The molecule has 0 amide bonds. The van der Waals surface area contributed by atoms with Gasteiger partial charge in [0.05, 0.1) is 17.7 Å². The summed E-state index contributed by atoms with van der Waals surface area (Å²) in [5, 5.41) is 10.1. The fourth-order valence-corrected chi connectivity index (χ4v) is 2.35. The van der Waals surface area contributed by atoms with Gasteiger partial charge in [0.2, 0.25) is 0 Å². The fourth-order valence-electron chi connectivity index (χ4n) is 1.79. The Morgan fingerprint density at radius 2 is 2.06 bits per heavy atom. The quantitative estimate of drug-likeness (QED) is 0.879. The molecule has 3 N–H and O–H groups in total. The number of nitrogens with two attached hydrogens (primary N) is 1. The molecule has 1 aromatic rings. The lowest BCUT2D eigenvalue weighted by atomic mass is 9.95. The lowest BCUT2D eigenvalue weighted by molar-refractivity contribution is 0.136. The van der Waals surface area contributed by atoms with Crippen LogP contribution in [-0.2, 0) is 0 Å². The van der Waals surface area contributed by atoms with Gasteiger partial charge < -0.3 is 15.6 Å². The van der Waals surface area contributed by atoms with Crippen molar-refractivity contribution >= 4 is 15.9 Å². The molecule has 1 rings (SSSR count). The average molecular weight is 302 g/mol. The van der Waals surface area contributed by atoms with Gasteiger partial charge in [0.25, 0.3) is 0 Å². The largest absolute Gasteiger partial charge is 0.496 e. The Hall–Kier alpha value is -0.580. The van der Waals surface area contributed by atoms with Crippen LogP contribution < -0.4 is 10.5 Å². The van der Waals surface area contributed by atoms with Gasteiger partial charge in [-0.15, -0.1) is 0 Å². The normalized spacial score (nSPS) is 14.8. The van der Waals surface area contributed by atoms with Crippen molar-refractivity contribution in [3.8, 4) is 5.75 Å². The summed E-state index contributed by atoms with van der Waals surface area (Å²) in [7, 11) is 1.61. The zero-order valence-corrected chi connectivity index (χ0v) is 12.1. The Morgan fingerprint density at radius 3 is 2.53 bits per heavy atom. The Bertz CT molecular complexity index is 368. The molecule has 0 bridgehead atoms. The van der Waals surface area contributed by atoms with E-state index in [2.05, 4.69) is 29.8 Å². The average Bonchev–Trinajstić information content (AvgIpc) is 2.27. The van der Waals surface area contributed by atoms with E-state index < -0.39 is 6.10 Å². The molecular weight excluding hydrogens is 282 g/mol. The second-order valence-electron chi connectivity index (χ2n) is 4.63. The highest BCUT2D eigenvalue weighted by atomic mass is 79.9. The molecular formula is C13H20BrNO2. The van der Waals surface area contributed by atoms with E-state index in [0.29, 0.717) is 5.92 Å². The molecule has 0 radical (unpaired) electrons. The topological polar surface area (TPSA) is 55.5 Å². The second-order valence-corrected chi connectivity index (χ2v) is 5.49. The Morgan fingerprint density at radius 1 is 1.41 bits per heavy atom. The summed E-state index contributed by atoms with van der Waals surface area (Å²) in [6.07, 6.45) is 0.157. The van der Waals surface area contributed by atoms with Crippen molar-refractivity contribution in [2.45, 2.75) is 32.4 Å². The van der Waals surface area contributed by atoms with Crippen molar-refractivity contribution in [2.75, 3.05) is 7.11 Å². The van der Waals surface area contributed by atoms with Crippen molar-refractivity contribution in [1.82, 2.24) is 0 Å². The van der Waals surface area contributed by atoms with E-state index >= 15 is 0 Å². The van der Waals surface area contributed by atoms with Crippen LogP contribution in [0.4, 0.5) is 0 Å². The van der Waals surface area contributed by atoms with Gasteiger partial charge in [0.15, 0.2) is 0 Å². The number of hydrogen-bond donors (Lipinski definition) is 2. The Kier molecular flexibility index (Phi) is 5.43. The van der Waals surface area contributed by atoms with Crippen LogP contribution in [0.2, 0.25) is 0 Å². The van der Waals surface area contributed by atoms with E-state index in [1.165, 1.54) is 0 Å². The third-order valence-electron chi connectivity index (χ3n) is 2.67. The first kappa shape index (κ1) is 14.5. The molecule has 1 aromatic carbocycles. The van der Waals surface area contributed by atoms with E-state index in [0.717, 1.165) is 22.2 Å². The van der Waals surface area contributed by atoms with Gasteiger partial charge in [-0.1, -0.05) is 19.9 Å². The van der Waals surface area contributed by atoms with Crippen LogP contribution >= 0.6 is 15.9 Å². The van der Waals surface area contributed by atoms with Crippen molar-refractivity contribution in [3.63, 3.8) is 0 Å². The molecule has 0 aliphatic carbocycles. The minimum atomic E-state index is -0.639. The lowest BCUT2D eigenvalue weighted by Gasteiger charge is -2.21. The van der Waals surface area contributed by atoms with Gasteiger partial charge >= 0.3 is 0 Å². The van der Waals surface area contributed by atoms with Crippen LogP contribution in [0, 0.1) is 5.92 Å². The molecule has 0 aliphatic rings. The van der Waals surface area contributed by atoms with Gasteiger partial charge in [0.1, 0.15) is 5.75 Å². The van der Waals surface area contributed by atoms with Crippen molar-refractivity contribution in [3.05, 3.63) is 28.2 Å². The molecule has 2 atom stereocenters. The summed E-state index contributed by atoms with van der Waals surface area (Å²) in [6.45, 7) is 4.19. The van der Waals surface area contributed by atoms with Crippen LogP contribution in [0.25, 0.3) is 0 Å². The van der Waals surface area contributed by atoms with Crippen molar-refractivity contribution in [1.29, 1.82) is 0 Å². The first-order chi connectivity index (χ1) is 7.95. The third-order valence-corrected chi connectivity index (χ3v) is 3.29. The summed E-state index contributed by atoms with van der Waals surface area (Å²) in [4.78, 5) is 0. The Balaban J connectivity index is 2.82. The SMILES string of the molecule is COc1ccc(C(O)C(N)CC(C)C)cc1Br. The number of benzene rings is 1. The summed E-state index contributed by atoms with van der Waals surface area (Å²) in [5.74, 6) is 1.22. The molecule has 3 nitrogen and oxygen atoms in total. The summed E-state index contributed by atoms with van der Waals surface area (Å²) >= 11 is 3.40. The zero-order chi connectivity index (χ0) is 13.0. The number of hydrogen-bond acceptors (Lipinski definition) is 3. The molecule has 0 fully saturated rings. The summed E-state index contributed by atoms with van der Waals surface area (Å²) < 4.78 is 5.97. The maximum Gasteiger partial charge on any atom is 0.133 e. The molecule has 17 heavy (non-hydrogen) atoms. The van der Waals surface area contributed by atoms with Crippen LogP contribution in [-0.4, -0.2) is 18.3 Å². The smallest absolute Gasteiger partial charge is 0.133 e. The maximum absolute atomic E-state index is 10.1. The van der Waals surface area contributed by atoms with Gasteiger partial charge in [-0.3, -0.25) is 0 Å². The van der Waals surface area contributed by atoms with Crippen LogP contribution in [0.5, 0.6) is 5.75 Å². The number of methoxy groups -OCH3 is 1. The molecule has 0 saturated carbocycles. The van der Waals surface area contributed by atoms with Gasteiger partial charge in [0, 0.05) is 6.04 Å².